The van der Waals surface area contributed by atoms with Gasteiger partial charge in [-0.05, 0) is 43.9 Å². The van der Waals surface area contributed by atoms with Crippen LogP contribution in [0.15, 0.2) is 42.9 Å². The van der Waals surface area contributed by atoms with E-state index in [1.54, 1.807) is 42.9 Å². The van der Waals surface area contributed by atoms with E-state index >= 15 is 0 Å². The standard InChI is InChI=1S/C18H18N4O2/c19-11-13-2-1-3-14(10-13)18(23)22-15-4-6-16(7-5-15)24-17-12-20-8-9-21-17/h1-3,8-10,12,15-16H,4-7H2,(H,22,23). The zero-order chi connectivity index (χ0) is 16.8. The second kappa shape index (κ2) is 7.55. The number of amides is 1. The first-order valence-electron chi connectivity index (χ1n) is 7.98. The number of carbonyl (C=O) groups is 1. The Hall–Kier alpha value is -2.94. The van der Waals surface area contributed by atoms with Crippen molar-refractivity contribution in [1.82, 2.24) is 15.3 Å². The molecule has 1 aliphatic rings. The summed E-state index contributed by atoms with van der Waals surface area (Å²) in [6.07, 6.45) is 8.37. The molecule has 1 aromatic carbocycles. The Morgan fingerprint density at radius 3 is 2.79 bits per heavy atom. The van der Waals surface area contributed by atoms with Gasteiger partial charge in [-0.2, -0.15) is 5.26 Å². The van der Waals surface area contributed by atoms with E-state index in [0.29, 0.717) is 17.0 Å². The molecule has 0 saturated heterocycles. The van der Waals surface area contributed by atoms with Crippen LogP contribution in [0.25, 0.3) is 0 Å². The molecule has 1 heterocycles. The number of ether oxygens (including phenoxy) is 1. The summed E-state index contributed by atoms with van der Waals surface area (Å²) >= 11 is 0. The van der Waals surface area contributed by atoms with Gasteiger partial charge in [-0.15, -0.1) is 0 Å². The van der Waals surface area contributed by atoms with Crippen LogP contribution < -0.4 is 10.1 Å². The average molecular weight is 322 g/mol. The van der Waals surface area contributed by atoms with Crippen molar-refractivity contribution in [2.75, 3.05) is 0 Å². The van der Waals surface area contributed by atoms with Gasteiger partial charge in [0, 0.05) is 24.0 Å². The van der Waals surface area contributed by atoms with Gasteiger partial charge in [0.2, 0.25) is 5.88 Å². The van der Waals surface area contributed by atoms with Crippen molar-refractivity contribution >= 4 is 5.91 Å². The quantitative estimate of drug-likeness (QED) is 0.934. The lowest BCUT2D eigenvalue weighted by Gasteiger charge is -2.29. The molecule has 1 amide bonds. The van der Waals surface area contributed by atoms with E-state index in [1.165, 1.54) is 0 Å². The predicted octanol–water partition coefficient (Wildman–Crippen LogP) is 2.47. The van der Waals surface area contributed by atoms with Gasteiger partial charge in [0.1, 0.15) is 6.10 Å². The molecule has 0 bridgehead atoms. The fourth-order valence-corrected chi connectivity index (χ4v) is 2.84. The molecule has 6 nitrogen and oxygen atoms in total. The minimum absolute atomic E-state index is 0.108. The third kappa shape index (κ3) is 4.07. The van der Waals surface area contributed by atoms with Crippen LogP contribution in [0, 0.1) is 11.3 Å². The monoisotopic (exact) mass is 322 g/mol. The summed E-state index contributed by atoms with van der Waals surface area (Å²) in [5.74, 6) is 0.406. The highest BCUT2D eigenvalue weighted by atomic mass is 16.5. The Morgan fingerprint density at radius 2 is 2.08 bits per heavy atom. The molecule has 0 atom stereocenters. The van der Waals surface area contributed by atoms with E-state index in [-0.39, 0.29) is 18.1 Å². The van der Waals surface area contributed by atoms with Crippen molar-refractivity contribution in [3.63, 3.8) is 0 Å². The maximum atomic E-state index is 12.3. The first kappa shape index (κ1) is 15.9. The Morgan fingerprint density at radius 1 is 1.25 bits per heavy atom. The van der Waals surface area contributed by atoms with Gasteiger partial charge >= 0.3 is 0 Å². The second-order valence-electron chi connectivity index (χ2n) is 5.80. The molecule has 122 valence electrons. The molecule has 0 unspecified atom stereocenters. The van der Waals surface area contributed by atoms with E-state index in [4.69, 9.17) is 10.00 Å². The van der Waals surface area contributed by atoms with Crippen LogP contribution in [0.1, 0.15) is 41.6 Å². The van der Waals surface area contributed by atoms with Crippen molar-refractivity contribution in [3.05, 3.63) is 54.0 Å². The first-order chi connectivity index (χ1) is 11.7. The molecule has 0 aliphatic heterocycles. The van der Waals surface area contributed by atoms with Gasteiger partial charge in [-0.3, -0.25) is 9.78 Å². The Bertz CT molecular complexity index is 734. The van der Waals surface area contributed by atoms with E-state index in [1.807, 2.05) is 6.07 Å². The van der Waals surface area contributed by atoms with E-state index in [9.17, 15) is 4.79 Å². The largest absolute Gasteiger partial charge is 0.473 e. The number of nitriles is 1. The van der Waals surface area contributed by atoms with Crippen molar-refractivity contribution in [1.29, 1.82) is 5.26 Å². The smallest absolute Gasteiger partial charge is 0.251 e. The van der Waals surface area contributed by atoms with Crippen molar-refractivity contribution in [2.24, 2.45) is 0 Å². The summed E-state index contributed by atoms with van der Waals surface area (Å²) in [5, 5.41) is 11.9. The van der Waals surface area contributed by atoms with Crippen molar-refractivity contribution < 1.29 is 9.53 Å². The Labute approximate surface area is 140 Å². The maximum absolute atomic E-state index is 12.3. The molecule has 1 aliphatic carbocycles. The van der Waals surface area contributed by atoms with E-state index in [0.717, 1.165) is 25.7 Å². The van der Waals surface area contributed by atoms with Crippen LogP contribution in [0.4, 0.5) is 0 Å². The minimum atomic E-state index is -0.134. The maximum Gasteiger partial charge on any atom is 0.251 e. The molecule has 6 heteroatoms. The van der Waals surface area contributed by atoms with Crippen LogP contribution in [0.3, 0.4) is 0 Å². The SMILES string of the molecule is N#Cc1cccc(C(=O)NC2CCC(Oc3cnccn3)CC2)c1. The summed E-state index contributed by atoms with van der Waals surface area (Å²) in [6, 6.07) is 8.91. The molecule has 1 saturated carbocycles. The topological polar surface area (TPSA) is 87.9 Å². The predicted molar refractivity (Wildman–Crippen MR) is 87.3 cm³/mol. The number of carbonyl (C=O) groups excluding carboxylic acids is 1. The molecule has 1 fully saturated rings. The number of rotatable bonds is 4. The van der Waals surface area contributed by atoms with E-state index < -0.39 is 0 Å². The highest BCUT2D eigenvalue weighted by Gasteiger charge is 2.24. The lowest BCUT2D eigenvalue weighted by atomic mass is 9.92. The third-order valence-electron chi connectivity index (χ3n) is 4.09. The highest BCUT2D eigenvalue weighted by molar-refractivity contribution is 5.94. The number of benzene rings is 1. The Kier molecular flexibility index (Phi) is 5.02. The molecule has 3 rings (SSSR count). The lowest BCUT2D eigenvalue weighted by Crippen LogP contribution is -2.39. The van der Waals surface area contributed by atoms with Crippen LogP contribution in [-0.2, 0) is 0 Å². The molecule has 1 N–H and O–H groups in total. The molecule has 24 heavy (non-hydrogen) atoms. The first-order valence-corrected chi connectivity index (χ1v) is 7.98. The second-order valence-corrected chi connectivity index (χ2v) is 5.80. The number of nitrogens with one attached hydrogen (secondary N) is 1. The molecule has 2 aromatic rings. The van der Waals surface area contributed by atoms with E-state index in [2.05, 4.69) is 15.3 Å². The van der Waals surface area contributed by atoms with Gasteiger partial charge in [-0.1, -0.05) is 6.07 Å². The van der Waals surface area contributed by atoms with Crippen LogP contribution in [-0.4, -0.2) is 28.0 Å². The van der Waals surface area contributed by atoms with Crippen LogP contribution in [0.2, 0.25) is 0 Å². The molecular formula is C18H18N4O2. The molecule has 1 aromatic heterocycles. The number of nitrogens with zero attached hydrogens (tertiary/aromatic N) is 3. The summed E-state index contributed by atoms with van der Waals surface area (Å²) in [6.45, 7) is 0. The van der Waals surface area contributed by atoms with Crippen LogP contribution >= 0.6 is 0 Å². The van der Waals surface area contributed by atoms with Gasteiger partial charge in [0.25, 0.3) is 5.91 Å². The summed E-state index contributed by atoms with van der Waals surface area (Å²) in [5.41, 5.74) is 1.01. The van der Waals surface area contributed by atoms with Crippen LogP contribution in [0.5, 0.6) is 5.88 Å². The molecular weight excluding hydrogens is 304 g/mol. The zero-order valence-corrected chi connectivity index (χ0v) is 13.2. The highest BCUT2D eigenvalue weighted by Crippen LogP contribution is 2.22. The van der Waals surface area contributed by atoms with Gasteiger partial charge in [0.15, 0.2) is 0 Å². The fraction of sp³-hybridized carbons (Fsp3) is 0.333. The normalized spacial score (nSPS) is 20.0. The lowest BCUT2D eigenvalue weighted by molar-refractivity contribution is 0.0890. The number of hydrogen-bond acceptors (Lipinski definition) is 5. The average Bonchev–Trinajstić information content (AvgIpc) is 2.64. The zero-order valence-electron chi connectivity index (χ0n) is 13.2. The number of aromatic nitrogens is 2. The molecule has 0 radical (unpaired) electrons. The number of hydrogen-bond donors (Lipinski definition) is 1. The Balaban J connectivity index is 1.50. The third-order valence-corrected chi connectivity index (χ3v) is 4.09. The summed E-state index contributed by atoms with van der Waals surface area (Å²) in [4.78, 5) is 20.4. The van der Waals surface area contributed by atoms with Gasteiger partial charge < -0.3 is 10.1 Å². The summed E-state index contributed by atoms with van der Waals surface area (Å²) < 4.78 is 5.80. The van der Waals surface area contributed by atoms with Crippen molar-refractivity contribution in [2.45, 2.75) is 37.8 Å². The van der Waals surface area contributed by atoms with Crippen molar-refractivity contribution in [3.8, 4) is 11.9 Å². The fourth-order valence-electron chi connectivity index (χ4n) is 2.84. The minimum Gasteiger partial charge on any atom is -0.473 e. The van der Waals surface area contributed by atoms with Gasteiger partial charge in [-0.25, -0.2) is 4.98 Å². The summed E-state index contributed by atoms with van der Waals surface area (Å²) in [7, 11) is 0. The van der Waals surface area contributed by atoms with Gasteiger partial charge in [0.05, 0.1) is 17.8 Å². The molecule has 0 spiro atoms.